The Balaban J connectivity index is 2.24. The molecule has 1 N–H and O–H groups in total. The zero-order valence-corrected chi connectivity index (χ0v) is 12.1. The average molecular weight is 275 g/mol. The van der Waals surface area contributed by atoms with Gasteiger partial charge in [0.1, 0.15) is 0 Å². The summed E-state index contributed by atoms with van der Waals surface area (Å²) in [6.45, 7) is 2.03. The topological polar surface area (TPSA) is 45.2 Å². The van der Waals surface area contributed by atoms with Crippen molar-refractivity contribution in [1.29, 1.82) is 0 Å². The van der Waals surface area contributed by atoms with E-state index in [1.807, 2.05) is 31.5 Å². The molecule has 0 fully saturated rings. The molecule has 2 aromatic rings. The molecule has 1 amide bonds. The summed E-state index contributed by atoms with van der Waals surface area (Å²) in [6, 6.07) is 5.90. The van der Waals surface area contributed by atoms with Crippen molar-refractivity contribution in [2.45, 2.75) is 13.0 Å². The fourth-order valence-electron chi connectivity index (χ4n) is 1.87. The molecule has 19 heavy (non-hydrogen) atoms. The van der Waals surface area contributed by atoms with E-state index in [-0.39, 0.29) is 11.9 Å². The maximum atomic E-state index is 12.5. The van der Waals surface area contributed by atoms with Gasteiger partial charge in [0.2, 0.25) is 0 Å². The zero-order chi connectivity index (χ0) is 13.8. The lowest BCUT2D eigenvalue weighted by Crippen LogP contribution is -2.29. The second kappa shape index (κ2) is 5.84. The summed E-state index contributed by atoms with van der Waals surface area (Å²) in [6.07, 6.45) is 3.27. The first kappa shape index (κ1) is 13.5. The van der Waals surface area contributed by atoms with Crippen molar-refractivity contribution in [1.82, 2.24) is 9.88 Å². The summed E-state index contributed by atoms with van der Waals surface area (Å²) < 4.78 is 0. The van der Waals surface area contributed by atoms with Crippen LogP contribution in [0.25, 0.3) is 0 Å². The third-order valence-electron chi connectivity index (χ3n) is 3.18. The Morgan fingerprint density at radius 1 is 1.47 bits per heavy atom. The molecule has 0 saturated heterocycles. The molecule has 2 heterocycles. The van der Waals surface area contributed by atoms with Crippen LogP contribution in [-0.2, 0) is 0 Å². The summed E-state index contributed by atoms with van der Waals surface area (Å²) in [5, 5.41) is 5.04. The van der Waals surface area contributed by atoms with E-state index in [2.05, 4.69) is 10.3 Å². The summed E-state index contributed by atoms with van der Waals surface area (Å²) in [7, 11) is 3.62. The predicted octanol–water partition coefficient (Wildman–Crippen LogP) is 3.02. The number of aromatic nitrogens is 1. The van der Waals surface area contributed by atoms with Crippen molar-refractivity contribution in [3.05, 3.63) is 46.4 Å². The Morgan fingerprint density at radius 2 is 2.26 bits per heavy atom. The first-order valence-corrected chi connectivity index (χ1v) is 6.95. The second-order valence-corrected chi connectivity index (χ2v) is 5.26. The number of thiophene rings is 1. The normalized spacial score (nSPS) is 11.9. The van der Waals surface area contributed by atoms with E-state index >= 15 is 0 Å². The molecule has 0 aliphatic rings. The van der Waals surface area contributed by atoms with Crippen LogP contribution in [0, 0.1) is 0 Å². The summed E-state index contributed by atoms with van der Waals surface area (Å²) in [5.41, 5.74) is 1.39. The lowest BCUT2D eigenvalue weighted by molar-refractivity contribution is 0.0745. The molecule has 0 spiro atoms. The number of hydrogen-bond donors (Lipinski definition) is 1. The smallest absolute Gasteiger partial charge is 0.257 e. The monoisotopic (exact) mass is 275 g/mol. The van der Waals surface area contributed by atoms with Crippen LogP contribution in [0.4, 0.5) is 5.69 Å². The van der Waals surface area contributed by atoms with Crippen molar-refractivity contribution >= 4 is 22.9 Å². The molecule has 0 aromatic carbocycles. The number of amides is 1. The molecule has 1 atom stereocenters. The number of carbonyl (C=O) groups excluding carboxylic acids is 1. The number of rotatable bonds is 4. The van der Waals surface area contributed by atoms with Crippen molar-refractivity contribution in [3.8, 4) is 0 Å². The maximum absolute atomic E-state index is 12.5. The van der Waals surface area contributed by atoms with Crippen molar-refractivity contribution in [3.63, 3.8) is 0 Å². The Hall–Kier alpha value is -1.88. The van der Waals surface area contributed by atoms with Crippen molar-refractivity contribution in [2.24, 2.45) is 0 Å². The molecule has 5 heteroatoms. The lowest BCUT2D eigenvalue weighted by atomic mass is 10.1. The highest BCUT2D eigenvalue weighted by Crippen LogP contribution is 2.26. The average Bonchev–Trinajstić information content (AvgIpc) is 2.99. The van der Waals surface area contributed by atoms with Gasteiger partial charge in [-0.25, -0.2) is 0 Å². The number of carbonyl (C=O) groups is 1. The maximum Gasteiger partial charge on any atom is 0.257 e. The van der Waals surface area contributed by atoms with Crippen LogP contribution in [0.3, 0.4) is 0 Å². The highest BCUT2D eigenvalue weighted by atomic mass is 32.1. The minimum atomic E-state index is -0.0293. The molecule has 0 bridgehead atoms. The molecule has 2 rings (SSSR count). The van der Waals surface area contributed by atoms with Crippen molar-refractivity contribution in [2.75, 3.05) is 19.4 Å². The molecule has 0 saturated carbocycles. The summed E-state index contributed by atoms with van der Waals surface area (Å²) >= 11 is 1.66. The minimum absolute atomic E-state index is 0.0293. The van der Waals surface area contributed by atoms with Gasteiger partial charge < -0.3 is 10.2 Å². The van der Waals surface area contributed by atoms with E-state index in [1.165, 1.54) is 4.88 Å². The number of nitrogens with zero attached hydrogens (tertiary/aromatic N) is 2. The fraction of sp³-hybridized carbons (Fsp3) is 0.286. The highest BCUT2D eigenvalue weighted by molar-refractivity contribution is 7.10. The third kappa shape index (κ3) is 2.76. The van der Waals surface area contributed by atoms with E-state index in [0.717, 1.165) is 5.69 Å². The first-order valence-electron chi connectivity index (χ1n) is 6.07. The molecule has 2 aromatic heterocycles. The molecule has 100 valence electrons. The van der Waals surface area contributed by atoms with E-state index in [9.17, 15) is 4.79 Å². The van der Waals surface area contributed by atoms with Gasteiger partial charge >= 0.3 is 0 Å². The van der Waals surface area contributed by atoms with Crippen LogP contribution in [0.1, 0.15) is 28.2 Å². The van der Waals surface area contributed by atoms with Gasteiger partial charge in [-0.05, 0) is 24.4 Å². The van der Waals surface area contributed by atoms with Gasteiger partial charge in [-0.1, -0.05) is 6.07 Å². The molecule has 0 aliphatic heterocycles. The number of nitrogens with one attached hydrogen (secondary N) is 1. The van der Waals surface area contributed by atoms with Crippen LogP contribution < -0.4 is 5.32 Å². The standard InChI is InChI=1S/C14H17N3OS/c1-10(13-5-4-8-19-13)17(3)14(18)11-9-16-7-6-12(11)15-2/h4-10H,1-3H3,(H,15,16). The van der Waals surface area contributed by atoms with E-state index in [1.54, 1.807) is 41.7 Å². The van der Waals surface area contributed by atoms with Crippen LogP contribution in [0.15, 0.2) is 36.0 Å². The predicted molar refractivity (Wildman–Crippen MR) is 78.6 cm³/mol. The summed E-state index contributed by atoms with van der Waals surface area (Å²) in [5.74, 6) is -0.0293. The Kier molecular flexibility index (Phi) is 4.16. The quantitative estimate of drug-likeness (QED) is 0.933. The van der Waals surface area contributed by atoms with Crippen LogP contribution in [-0.4, -0.2) is 29.9 Å². The molecule has 0 aliphatic carbocycles. The molecular formula is C14H17N3OS. The van der Waals surface area contributed by atoms with Crippen molar-refractivity contribution < 1.29 is 4.79 Å². The largest absolute Gasteiger partial charge is 0.387 e. The van der Waals surface area contributed by atoms with E-state index in [0.29, 0.717) is 5.56 Å². The van der Waals surface area contributed by atoms with Gasteiger partial charge in [0.25, 0.3) is 5.91 Å². The van der Waals surface area contributed by atoms with Gasteiger partial charge in [-0.15, -0.1) is 11.3 Å². The molecule has 1 unspecified atom stereocenters. The van der Waals surface area contributed by atoms with Gasteiger partial charge in [0.15, 0.2) is 0 Å². The van der Waals surface area contributed by atoms with Gasteiger partial charge in [0.05, 0.1) is 11.6 Å². The second-order valence-electron chi connectivity index (χ2n) is 4.28. The van der Waals surface area contributed by atoms with Gasteiger partial charge in [0, 0.05) is 37.1 Å². The zero-order valence-electron chi connectivity index (χ0n) is 11.3. The number of hydrogen-bond acceptors (Lipinski definition) is 4. The Labute approximate surface area is 117 Å². The number of anilines is 1. The van der Waals surface area contributed by atoms with Crippen LogP contribution in [0.2, 0.25) is 0 Å². The molecular weight excluding hydrogens is 258 g/mol. The summed E-state index contributed by atoms with van der Waals surface area (Å²) in [4.78, 5) is 19.5. The Morgan fingerprint density at radius 3 is 2.89 bits per heavy atom. The highest BCUT2D eigenvalue weighted by Gasteiger charge is 2.21. The molecule has 4 nitrogen and oxygen atoms in total. The minimum Gasteiger partial charge on any atom is -0.387 e. The van der Waals surface area contributed by atoms with Crippen LogP contribution in [0.5, 0.6) is 0 Å². The van der Waals surface area contributed by atoms with E-state index < -0.39 is 0 Å². The first-order chi connectivity index (χ1) is 9.15. The van der Waals surface area contributed by atoms with Gasteiger partial charge in [-0.3, -0.25) is 9.78 Å². The number of pyridine rings is 1. The molecule has 0 radical (unpaired) electrons. The SMILES string of the molecule is CNc1ccncc1C(=O)N(C)C(C)c1cccs1. The van der Waals surface area contributed by atoms with Gasteiger partial charge in [-0.2, -0.15) is 0 Å². The lowest BCUT2D eigenvalue weighted by Gasteiger charge is -2.24. The van der Waals surface area contributed by atoms with E-state index in [4.69, 9.17) is 0 Å². The fourth-order valence-corrected chi connectivity index (χ4v) is 2.70. The third-order valence-corrected chi connectivity index (χ3v) is 4.22. The van der Waals surface area contributed by atoms with Crippen LogP contribution >= 0.6 is 11.3 Å². The Bertz CT molecular complexity index is 554.